The number of nitrogens with zero attached hydrogens (tertiary/aromatic N) is 2. The van der Waals surface area contributed by atoms with Crippen molar-refractivity contribution in [1.82, 2.24) is 4.31 Å². The molecule has 0 amide bonds. The number of Topliss-reactive ketones (excluding diaryl/α,β-unsaturated/α-hetero) is 1. The molecule has 27 heavy (non-hydrogen) atoms. The number of para-hydroxylation sites is 1. The van der Waals surface area contributed by atoms with Gasteiger partial charge in [-0.15, -0.1) is 0 Å². The quantitative estimate of drug-likeness (QED) is 0.788. The lowest BCUT2D eigenvalue weighted by Gasteiger charge is -2.40. The molecule has 0 radical (unpaired) electrons. The average molecular weight is 395 g/mol. The number of piperazine rings is 1. The summed E-state index contributed by atoms with van der Waals surface area (Å²) in [4.78, 5) is 14.6. The van der Waals surface area contributed by atoms with Crippen LogP contribution in [0.1, 0.15) is 33.1 Å². The number of hydrogen-bond donors (Lipinski definition) is 0. The second-order valence-electron chi connectivity index (χ2n) is 8.76. The molecule has 148 valence electrons. The van der Waals surface area contributed by atoms with Crippen LogP contribution in [0.3, 0.4) is 0 Å². The van der Waals surface area contributed by atoms with Crippen LogP contribution < -0.4 is 4.90 Å². The fourth-order valence-corrected chi connectivity index (χ4v) is 7.63. The highest BCUT2D eigenvalue weighted by Crippen LogP contribution is 2.64. The van der Waals surface area contributed by atoms with E-state index in [1.807, 2.05) is 4.90 Å². The third kappa shape index (κ3) is 2.81. The maximum absolute atomic E-state index is 14.0. The van der Waals surface area contributed by atoms with Gasteiger partial charge in [-0.25, -0.2) is 12.8 Å². The highest BCUT2D eigenvalue weighted by molar-refractivity contribution is 7.89. The van der Waals surface area contributed by atoms with Crippen molar-refractivity contribution in [3.8, 4) is 0 Å². The summed E-state index contributed by atoms with van der Waals surface area (Å²) in [6, 6.07) is 6.57. The zero-order valence-electron chi connectivity index (χ0n) is 15.9. The van der Waals surface area contributed by atoms with Gasteiger partial charge < -0.3 is 4.90 Å². The fraction of sp³-hybridized carbons (Fsp3) is 0.650. The number of carbonyl (C=O) groups is 1. The normalized spacial score (nSPS) is 30.9. The molecule has 2 atom stereocenters. The molecule has 2 saturated carbocycles. The van der Waals surface area contributed by atoms with Gasteiger partial charge in [-0.1, -0.05) is 26.0 Å². The smallest absolute Gasteiger partial charge is 0.215 e. The first-order valence-corrected chi connectivity index (χ1v) is 11.3. The number of hydrogen-bond acceptors (Lipinski definition) is 4. The molecule has 0 N–H and O–H groups in total. The Hall–Kier alpha value is -1.47. The van der Waals surface area contributed by atoms with Crippen molar-refractivity contribution >= 4 is 21.5 Å². The number of halogens is 1. The van der Waals surface area contributed by atoms with E-state index in [0.717, 1.165) is 6.42 Å². The van der Waals surface area contributed by atoms with Crippen molar-refractivity contribution < 1.29 is 17.6 Å². The summed E-state index contributed by atoms with van der Waals surface area (Å²) in [5.74, 6) is 0.0561. The van der Waals surface area contributed by atoms with Crippen molar-refractivity contribution in [2.45, 2.75) is 33.1 Å². The molecule has 3 fully saturated rings. The molecule has 1 aliphatic heterocycles. The molecule has 1 saturated heterocycles. The zero-order valence-corrected chi connectivity index (χ0v) is 16.8. The first-order valence-electron chi connectivity index (χ1n) is 9.68. The summed E-state index contributed by atoms with van der Waals surface area (Å²) in [5, 5.41) is 0. The van der Waals surface area contributed by atoms with E-state index in [1.54, 1.807) is 18.2 Å². The van der Waals surface area contributed by atoms with Gasteiger partial charge >= 0.3 is 0 Å². The molecule has 0 unspecified atom stereocenters. The summed E-state index contributed by atoms with van der Waals surface area (Å²) in [7, 11) is -3.54. The Bertz CT molecular complexity index is 862. The van der Waals surface area contributed by atoms with Gasteiger partial charge in [-0.05, 0) is 36.3 Å². The molecule has 0 aromatic heterocycles. The number of fused-ring (bicyclic) bond motifs is 2. The summed E-state index contributed by atoms with van der Waals surface area (Å²) < 4.78 is 41.8. The first-order chi connectivity index (χ1) is 12.7. The second-order valence-corrected chi connectivity index (χ2v) is 10.7. The van der Waals surface area contributed by atoms with Crippen LogP contribution in [0.4, 0.5) is 10.1 Å². The Labute approximate surface area is 160 Å². The molecular weight excluding hydrogens is 367 g/mol. The summed E-state index contributed by atoms with van der Waals surface area (Å²) >= 11 is 0. The Morgan fingerprint density at radius 1 is 1.15 bits per heavy atom. The van der Waals surface area contributed by atoms with Gasteiger partial charge in [0.05, 0.1) is 11.4 Å². The highest BCUT2D eigenvalue weighted by Gasteiger charge is 2.65. The van der Waals surface area contributed by atoms with E-state index in [9.17, 15) is 17.6 Å². The lowest BCUT2D eigenvalue weighted by Crippen LogP contribution is -2.53. The minimum absolute atomic E-state index is 0.0813. The molecule has 2 bridgehead atoms. The van der Waals surface area contributed by atoms with E-state index >= 15 is 0 Å². The van der Waals surface area contributed by atoms with E-state index in [2.05, 4.69) is 13.8 Å². The van der Waals surface area contributed by atoms with Crippen LogP contribution in [-0.4, -0.2) is 50.4 Å². The molecule has 4 rings (SSSR count). The maximum Gasteiger partial charge on any atom is 0.215 e. The molecule has 1 aromatic carbocycles. The van der Waals surface area contributed by atoms with Gasteiger partial charge in [0.2, 0.25) is 10.0 Å². The number of ketones is 1. The molecular formula is C20H27FN2O3S. The van der Waals surface area contributed by atoms with Crippen molar-refractivity contribution in [1.29, 1.82) is 0 Å². The van der Waals surface area contributed by atoms with Gasteiger partial charge in [-0.2, -0.15) is 4.31 Å². The Balaban J connectivity index is 1.48. The topological polar surface area (TPSA) is 57.7 Å². The first kappa shape index (κ1) is 18.9. The van der Waals surface area contributed by atoms with Crippen LogP contribution in [0.2, 0.25) is 0 Å². The van der Waals surface area contributed by atoms with Crippen molar-refractivity contribution in [2.24, 2.45) is 16.7 Å². The van der Waals surface area contributed by atoms with Gasteiger partial charge in [0.1, 0.15) is 11.6 Å². The van der Waals surface area contributed by atoms with Crippen LogP contribution in [0.5, 0.6) is 0 Å². The number of carbonyl (C=O) groups excluding carboxylic acids is 1. The van der Waals surface area contributed by atoms with Crippen LogP contribution in [0.15, 0.2) is 24.3 Å². The number of anilines is 1. The van der Waals surface area contributed by atoms with Crippen LogP contribution in [0.25, 0.3) is 0 Å². The monoisotopic (exact) mass is 394 g/mol. The van der Waals surface area contributed by atoms with Crippen molar-refractivity contribution in [3.05, 3.63) is 30.1 Å². The van der Waals surface area contributed by atoms with E-state index in [1.165, 1.54) is 10.4 Å². The Morgan fingerprint density at radius 2 is 1.81 bits per heavy atom. The van der Waals surface area contributed by atoms with E-state index in [4.69, 9.17) is 0 Å². The molecule has 1 aromatic rings. The summed E-state index contributed by atoms with van der Waals surface area (Å²) in [6.07, 6.45) is 2.14. The molecule has 5 nitrogen and oxygen atoms in total. The Kier molecular flexibility index (Phi) is 4.38. The average Bonchev–Trinajstić information content (AvgIpc) is 2.96. The predicted octanol–water partition coefficient (Wildman–Crippen LogP) is 2.67. The lowest BCUT2D eigenvalue weighted by atomic mass is 9.70. The summed E-state index contributed by atoms with van der Waals surface area (Å²) in [5.41, 5.74) is -0.482. The van der Waals surface area contributed by atoms with Crippen molar-refractivity contribution in [2.75, 3.05) is 36.8 Å². The molecule has 7 heteroatoms. The molecule has 2 aliphatic carbocycles. The minimum Gasteiger partial charge on any atom is -0.367 e. The lowest BCUT2D eigenvalue weighted by molar-refractivity contribution is -0.128. The minimum atomic E-state index is -3.54. The third-order valence-corrected chi connectivity index (χ3v) is 9.40. The van der Waals surface area contributed by atoms with Crippen LogP contribution >= 0.6 is 0 Å². The molecule has 1 heterocycles. The largest absolute Gasteiger partial charge is 0.367 e. The maximum atomic E-state index is 14.0. The molecule has 0 spiro atoms. The SMILES string of the molecule is CC1(C)[C@H]2CC[C@@]1(CS(=O)(=O)N1CCN(c3ccccc3F)CC1)C(=O)C2. The van der Waals surface area contributed by atoms with E-state index < -0.39 is 15.4 Å². The Morgan fingerprint density at radius 3 is 2.37 bits per heavy atom. The van der Waals surface area contributed by atoms with Gasteiger partial charge in [0, 0.05) is 38.0 Å². The zero-order chi connectivity index (χ0) is 19.4. The predicted molar refractivity (Wildman–Crippen MR) is 103 cm³/mol. The third-order valence-electron chi connectivity index (χ3n) is 7.39. The number of sulfonamides is 1. The van der Waals surface area contributed by atoms with E-state index in [-0.39, 0.29) is 22.8 Å². The van der Waals surface area contributed by atoms with Crippen LogP contribution in [-0.2, 0) is 14.8 Å². The number of benzene rings is 1. The van der Waals surface area contributed by atoms with Crippen LogP contribution in [0, 0.1) is 22.6 Å². The standard InChI is InChI=1S/C20H27FN2O3S/c1-19(2)15-7-8-20(19,18(24)13-15)14-27(25,26)23-11-9-22(10-12-23)17-6-4-3-5-16(17)21/h3-6,15H,7-14H2,1-2H3/t15-,20+/m0/s1. The van der Waals surface area contributed by atoms with Gasteiger partial charge in [0.15, 0.2) is 0 Å². The van der Waals surface area contributed by atoms with Gasteiger partial charge in [0.25, 0.3) is 0 Å². The van der Waals surface area contributed by atoms with E-state index in [0.29, 0.717) is 50.6 Å². The second kappa shape index (κ2) is 6.27. The van der Waals surface area contributed by atoms with Crippen molar-refractivity contribution in [3.63, 3.8) is 0 Å². The number of rotatable bonds is 4. The van der Waals surface area contributed by atoms with Gasteiger partial charge in [-0.3, -0.25) is 4.79 Å². The summed E-state index contributed by atoms with van der Waals surface area (Å²) in [6.45, 7) is 5.66. The highest BCUT2D eigenvalue weighted by atomic mass is 32.2. The molecule has 3 aliphatic rings. The fourth-order valence-electron chi connectivity index (χ4n) is 5.43.